The number of nitrogens with two attached hydrogens (primary N) is 1. The predicted octanol–water partition coefficient (Wildman–Crippen LogP) is 2.69. The minimum Gasteiger partial charge on any atom is -0.397 e. The molecule has 0 spiro atoms. The standard InChI is InChI=1S/C12H17N3S/c1-9(5-6-16-2)15-12-4-3-10(8-13)7-11(12)14/h3-4,7,9,15H,5-6,14H2,1-2H3. The average Bonchev–Trinajstić information content (AvgIpc) is 2.29. The average molecular weight is 235 g/mol. The van der Waals surface area contributed by atoms with E-state index in [1.165, 1.54) is 0 Å². The van der Waals surface area contributed by atoms with E-state index in [-0.39, 0.29) is 0 Å². The van der Waals surface area contributed by atoms with E-state index in [4.69, 9.17) is 11.0 Å². The summed E-state index contributed by atoms with van der Waals surface area (Å²) in [4.78, 5) is 0. The van der Waals surface area contributed by atoms with Crippen molar-refractivity contribution in [1.82, 2.24) is 0 Å². The Kier molecular flexibility index (Phi) is 5.00. The topological polar surface area (TPSA) is 61.8 Å². The monoisotopic (exact) mass is 235 g/mol. The zero-order chi connectivity index (χ0) is 12.0. The zero-order valence-corrected chi connectivity index (χ0v) is 10.5. The summed E-state index contributed by atoms with van der Waals surface area (Å²) < 4.78 is 0. The molecule has 0 fully saturated rings. The molecule has 0 aliphatic rings. The van der Waals surface area contributed by atoms with Gasteiger partial charge < -0.3 is 11.1 Å². The molecule has 0 aliphatic heterocycles. The maximum Gasteiger partial charge on any atom is 0.0992 e. The van der Waals surface area contributed by atoms with Gasteiger partial charge in [0.1, 0.15) is 0 Å². The van der Waals surface area contributed by atoms with Gasteiger partial charge in [0, 0.05) is 6.04 Å². The van der Waals surface area contributed by atoms with Crippen LogP contribution in [0.2, 0.25) is 0 Å². The van der Waals surface area contributed by atoms with Gasteiger partial charge in [-0.25, -0.2) is 0 Å². The highest BCUT2D eigenvalue weighted by molar-refractivity contribution is 7.98. The van der Waals surface area contributed by atoms with Crippen molar-refractivity contribution >= 4 is 23.1 Å². The van der Waals surface area contributed by atoms with E-state index in [2.05, 4.69) is 24.6 Å². The van der Waals surface area contributed by atoms with Crippen LogP contribution in [0.3, 0.4) is 0 Å². The summed E-state index contributed by atoms with van der Waals surface area (Å²) in [7, 11) is 0. The van der Waals surface area contributed by atoms with Crippen LogP contribution in [0.25, 0.3) is 0 Å². The first-order valence-corrected chi connectivity index (χ1v) is 6.62. The Balaban J connectivity index is 2.64. The number of hydrogen-bond donors (Lipinski definition) is 2. The van der Waals surface area contributed by atoms with E-state index in [1.54, 1.807) is 12.1 Å². The third-order valence-electron chi connectivity index (χ3n) is 2.34. The molecule has 0 aromatic heterocycles. The van der Waals surface area contributed by atoms with Crippen LogP contribution in [0.4, 0.5) is 11.4 Å². The lowest BCUT2D eigenvalue weighted by Crippen LogP contribution is -2.16. The molecule has 0 saturated carbocycles. The zero-order valence-electron chi connectivity index (χ0n) is 9.66. The third-order valence-corrected chi connectivity index (χ3v) is 2.98. The fourth-order valence-corrected chi connectivity index (χ4v) is 1.99. The number of nitrogens with zero attached hydrogens (tertiary/aromatic N) is 1. The first kappa shape index (κ1) is 12.7. The van der Waals surface area contributed by atoms with Crippen molar-refractivity contribution in [2.24, 2.45) is 0 Å². The highest BCUT2D eigenvalue weighted by Gasteiger charge is 2.05. The molecule has 86 valence electrons. The lowest BCUT2D eigenvalue weighted by molar-refractivity contribution is 0.772. The molecule has 0 amide bonds. The molecule has 1 rings (SSSR count). The molecule has 0 bridgehead atoms. The fourth-order valence-electron chi connectivity index (χ4n) is 1.40. The largest absolute Gasteiger partial charge is 0.397 e. The summed E-state index contributed by atoms with van der Waals surface area (Å²) in [5.41, 5.74) is 8.00. The lowest BCUT2D eigenvalue weighted by Gasteiger charge is -2.16. The Morgan fingerprint density at radius 3 is 2.88 bits per heavy atom. The van der Waals surface area contributed by atoms with Crippen molar-refractivity contribution in [2.45, 2.75) is 19.4 Å². The van der Waals surface area contributed by atoms with Crippen molar-refractivity contribution in [3.8, 4) is 6.07 Å². The van der Waals surface area contributed by atoms with Gasteiger partial charge in [0.05, 0.1) is 23.0 Å². The Morgan fingerprint density at radius 2 is 2.31 bits per heavy atom. The lowest BCUT2D eigenvalue weighted by atomic mass is 10.1. The van der Waals surface area contributed by atoms with Crippen LogP contribution in [0, 0.1) is 11.3 Å². The van der Waals surface area contributed by atoms with Crippen LogP contribution in [-0.2, 0) is 0 Å². The number of rotatable bonds is 5. The molecule has 1 atom stereocenters. The molecular weight excluding hydrogens is 218 g/mol. The minimum absolute atomic E-state index is 0.391. The Hall–Kier alpha value is -1.34. The number of benzene rings is 1. The first-order valence-electron chi connectivity index (χ1n) is 5.22. The third kappa shape index (κ3) is 3.67. The van der Waals surface area contributed by atoms with Crippen molar-refractivity contribution in [3.05, 3.63) is 23.8 Å². The van der Waals surface area contributed by atoms with Gasteiger partial charge in [0.25, 0.3) is 0 Å². The molecule has 0 heterocycles. The van der Waals surface area contributed by atoms with E-state index in [0.717, 1.165) is 17.9 Å². The van der Waals surface area contributed by atoms with Gasteiger partial charge in [-0.15, -0.1) is 0 Å². The molecule has 0 aliphatic carbocycles. The summed E-state index contributed by atoms with van der Waals surface area (Å²) in [5.74, 6) is 1.13. The van der Waals surface area contributed by atoms with Gasteiger partial charge in [-0.1, -0.05) is 0 Å². The van der Waals surface area contributed by atoms with E-state index in [1.807, 2.05) is 17.8 Å². The van der Waals surface area contributed by atoms with Crippen LogP contribution in [0.1, 0.15) is 18.9 Å². The summed E-state index contributed by atoms with van der Waals surface area (Å²) >= 11 is 1.84. The van der Waals surface area contributed by atoms with Gasteiger partial charge in [-0.05, 0) is 43.6 Å². The molecule has 16 heavy (non-hydrogen) atoms. The smallest absolute Gasteiger partial charge is 0.0992 e. The second kappa shape index (κ2) is 6.29. The summed E-state index contributed by atoms with van der Waals surface area (Å²) in [5, 5.41) is 12.1. The second-order valence-electron chi connectivity index (χ2n) is 3.74. The van der Waals surface area contributed by atoms with Crippen molar-refractivity contribution in [1.29, 1.82) is 5.26 Å². The molecule has 0 radical (unpaired) electrons. The Labute approximate surface area is 101 Å². The van der Waals surface area contributed by atoms with Gasteiger partial charge in [0.2, 0.25) is 0 Å². The summed E-state index contributed by atoms with van der Waals surface area (Å²) in [6.45, 7) is 2.13. The van der Waals surface area contributed by atoms with E-state index >= 15 is 0 Å². The van der Waals surface area contributed by atoms with Gasteiger partial charge in [0.15, 0.2) is 0 Å². The molecular formula is C12H17N3S. The van der Waals surface area contributed by atoms with Crippen LogP contribution in [-0.4, -0.2) is 18.1 Å². The van der Waals surface area contributed by atoms with Crippen LogP contribution in [0.5, 0.6) is 0 Å². The maximum absolute atomic E-state index is 8.72. The molecule has 1 aromatic rings. The number of thioether (sulfide) groups is 1. The minimum atomic E-state index is 0.391. The number of nitrogens with one attached hydrogen (secondary N) is 1. The molecule has 1 aromatic carbocycles. The summed E-state index contributed by atoms with van der Waals surface area (Å²) in [6, 6.07) is 7.80. The van der Waals surface area contributed by atoms with Crippen LogP contribution in [0.15, 0.2) is 18.2 Å². The number of nitrogen functional groups attached to an aromatic ring is 1. The molecule has 3 N–H and O–H groups in total. The predicted molar refractivity (Wildman–Crippen MR) is 71.7 cm³/mol. The number of nitriles is 1. The molecule has 4 heteroatoms. The molecule has 3 nitrogen and oxygen atoms in total. The van der Waals surface area contributed by atoms with E-state index < -0.39 is 0 Å². The Morgan fingerprint density at radius 1 is 1.56 bits per heavy atom. The summed E-state index contributed by atoms with van der Waals surface area (Å²) in [6.07, 6.45) is 3.20. The van der Waals surface area contributed by atoms with Gasteiger partial charge in [-0.2, -0.15) is 17.0 Å². The SMILES string of the molecule is CSCCC(C)Nc1ccc(C#N)cc1N. The second-order valence-corrected chi connectivity index (χ2v) is 4.73. The molecule has 0 saturated heterocycles. The van der Waals surface area contributed by atoms with Crippen LogP contribution >= 0.6 is 11.8 Å². The highest BCUT2D eigenvalue weighted by Crippen LogP contribution is 2.21. The molecule has 1 unspecified atom stereocenters. The maximum atomic E-state index is 8.72. The van der Waals surface area contributed by atoms with Crippen LogP contribution < -0.4 is 11.1 Å². The number of anilines is 2. The van der Waals surface area contributed by atoms with E-state index in [0.29, 0.717) is 17.3 Å². The van der Waals surface area contributed by atoms with Gasteiger partial charge in [-0.3, -0.25) is 0 Å². The quantitative estimate of drug-likeness (QED) is 0.770. The normalized spacial score (nSPS) is 11.8. The highest BCUT2D eigenvalue weighted by atomic mass is 32.2. The van der Waals surface area contributed by atoms with Crippen molar-refractivity contribution in [2.75, 3.05) is 23.1 Å². The Bertz CT molecular complexity index is 384. The van der Waals surface area contributed by atoms with E-state index in [9.17, 15) is 0 Å². The first-order chi connectivity index (χ1) is 7.67. The van der Waals surface area contributed by atoms with Gasteiger partial charge >= 0.3 is 0 Å². The van der Waals surface area contributed by atoms with Crippen molar-refractivity contribution in [3.63, 3.8) is 0 Å². The number of hydrogen-bond acceptors (Lipinski definition) is 4. The van der Waals surface area contributed by atoms with Crippen molar-refractivity contribution < 1.29 is 0 Å². The fraction of sp³-hybridized carbons (Fsp3) is 0.417.